The molecule has 1 atom stereocenters. The first kappa shape index (κ1) is 15.1. The van der Waals surface area contributed by atoms with Crippen LogP contribution in [0, 0.1) is 10.1 Å². The lowest BCUT2D eigenvalue weighted by molar-refractivity contribution is -0.389. The van der Waals surface area contributed by atoms with Crippen molar-refractivity contribution in [3.05, 3.63) is 44.0 Å². The minimum absolute atomic E-state index is 0.222. The van der Waals surface area contributed by atoms with Crippen LogP contribution < -0.4 is 9.47 Å². The van der Waals surface area contributed by atoms with Gasteiger partial charge in [0.15, 0.2) is 5.60 Å². The van der Waals surface area contributed by atoms with Crippen LogP contribution >= 0.6 is 27.5 Å². The number of benzene rings is 1. The quantitative estimate of drug-likeness (QED) is 0.592. The molecule has 0 aliphatic carbocycles. The summed E-state index contributed by atoms with van der Waals surface area (Å²) >= 11 is 9.42. The highest BCUT2D eigenvalue weighted by molar-refractivity contribution is 9.10. The average molecular weight is 389 g/mol. The molecular weight excluding hydrogens is 378 g/mol. The third kappa shape index (κ3) is 2.89. The molecule has 0 spiro atoms. The van der Waals surface area contributed by atoms with E-state index >= 15 is 0 Å². The van der Waals surface area contributed by atoms with Gasteiger partial charge in [-0.1, -0.05) is 27.5 Å². The average Bonchev–Trinajstić information content (AvgIpc) is 2.93. The first-order chi connectivity index (χ1) is 10.4. The number of rotatable bonds is 4. The molecule has 1 aromatic heterocycles. The Bertz CT molecular complexity index is 725. The topological polar surface area (TPSA) is 79.4 Å². The number of fused-ring (bicyclic) bond motifs is 1. The Hall–Kier alpha value is -1.80. The predicted molar refractivity (Wildman–Crippen MR) is 82.6 cm³/mol. The maximum absolute atomic E-state index is 10.7. The third-order valence-electron chi connectivity index (χ3n) is 3.18. The summed E-state index contributed by atoms with van der Waals surface area (Å²) in [5.41, 5.74) is -0.659. The highest BCUT2D eigenvalue weighted by atomic mass is 79.9. The summed E-state index contributed by atoms with van der Waals surface area (Å²) in [6.07, 6.45) is 1.35. The first-order valence-electron chi connectivity index (χ1n) is 6.35. The summed E-state index contributed by atoms with van der Waals surface area (Å²) < 4.78 is 13.8. The Kier molecular flexibility index (Phi) is 3.73. The molecule has 2 aromatic rings. The van der Waals surface area contributed by atoms with E-state index in [1.165, 1.54) is 6.20 Å². The van der Waals surface area contributed by atoms with Gasteiger partial charge < -0.3 is 19.6 Å². The van der Waals surface area contributed by atoms with Gasteiger partial charge in [-0.25, -0.2) is 0 Å². The summed E-state index contributed by atoms with van der Waals surface area (Å²) in [5.74, 6) is 0.319. The van der Waals surface area contributed by atoms with Crippen molar-refractivity contribution in [3.63, 3.8) is 0 Å². The van der Waals surface area contributed by atoms with Crippen LogP contribution in [0.1, 0.15) is 6.92 Å². The molecule has 1 aliphatic rings. The molecular formula is C13H11BrClN3O4. The second-order valence-corrected chi connectivity index (χ2v) is 6.50. The molecule has 0 fully saturated rings. The van der Waals surface area contributed by atoms with Crippen molar-refractivity contribution < 1.29 is 14.4 Å². The molecule has 9 heteroatoms. The van der Waals surface area contributed by atoms with E-state index in [4.69, 9.17) is 21.1 Å². The minimum Gasteiger partial charge on any atom is -0.488 e. The molecule has 0 saturated carbocycles. The van der Waals surface area contributed by atoms with Gasteiger partial charge in [-0.15, -0.1) is 0 Å². The molecule has 0 saturated heterocycles. The van der Waals surface area contributed by atoms with Gasteiger partial charge in [0, 0.05) is 9.46 Å². The zero-order chi connectivity index (χ0) is 15.9. The van der Waals surface area contributed by atoms with E-state index in [1.807, 2.05) is 13.0 Å². The van der Waals surface area contributed by atoms with Gasteiger partial charge in [-0.3, -0.25) is 4.57 Å². The number of hydrogen-bond acceptors (Lipinski definition) is 5. The second-order valence-electron chi connectivity index (χ2n) is 5.18. The number of aromatic nitrogens is 2. The van der Waals surface area contributed by atoms with Gasteiger partial charge in [-0.05, 0) is 30.0 Å². The fourth-order valence-electron chi connectivity index (χ4n) is 2.18. The molecule has 1 aliphatic heterocycles. The lowest BCUT2D eigenvalue weighted by Crippen LogP contribution is -2.38. The molecule has 1 aromatic carbocycles. The van der Waals surface area contributed by atoms with Crippen molar-refractivity contribution in [2.45, 2.75) is 19.1 Å². The highest BCUT2D eigenvalue weighted by Crippen LogP contribution is 2.33. The number of imidazole rings is 1. The maximum atomic E-state index is 10.7. The second kappa shape index (κ2) is 5.44. The standard InChI is InChI=1S/C13H11BrClN3O4/c1-13(7-21-10-3-2-8(14)4-9(10)15)6-17-5-11(18(19)20)16-12(17)22-13/h2-5H,6-7H2,1H3. The SMILES string of the molecule is CC1(COc2ccc(Br)cc2Cl)Cn2cc([N+](=O)[O-])nc2O1. The van der Waals surface area contributed by atoms with Crippen LogP contribution in [0.5, 0.6) is 11.8 Å². The van der Waals surface area contributed by atoms with Gasteiger partial charge in [0.05, 0.1) is 11.6 Å². The zero-order valence-electron chi connectivity index (χ0n) is 11.5. The van der Waals surface area contributed by atoms with Crippen molar-refractivity contribution >= 4 is 33.3 Å². The van der Waals surface area contributed by atoms with Crippen LogP contribution in [-0.2, 0) is 6.54 Å². The minimum atomic E-state index is -0.659. The number of nitro groups is 1. The largest absolute Gasteiger partial charge is 0.488 e. The van der Waals surface area contributed by atoms with Crippen molar-refractivity contribution in [3.8, 4) is 11.8 Å². The Labute approximate surface area is 139 Å². The molecule has 116 valence electrons. The van der Waals surface area contributed by atoms with Gasteiger partial charge in [0.25, 0.3) is 0 Å². The molecule has 7 nitrogen and oxygen atoms in total. The van der Waals surface area contributed by atoms with Crippen LogP contribution in [0.3, 0.4) is 0 Å². The highest BCUT2D eigenvalue weighted by Gasteiger charge is 2.41. The van der Waals surface area contributed by atoms with Crippen LogP contribution in [0.2, 0.25) is 5.02 Å². The molecule has 3 rings (SSSR count). The number of halogens is 2. The van der Waals surface area contributed by atoms with E-state index in [2.05, 4.69) is 20.9 Å². The van der Waals surface area contributed by atoms with E-state index in [1.54, 1.807) is 16.7 Å². The smallest absolute Gasteiger partial charge is 0.415 e. The Morgan fingerprint density at radius 1 is 1.64 bits per heavy atom. The van der Waals surface area contributed by atoms with Gasteiger partial charge in [0.1, 0.15) is 18.6 Å². The van der Waals surface area contributed by atoms with Crippen molar-refractivity contribution in [2.75, 3.05) is 6.61 Å². The van der Waals surface area contributed by atoms with E-state index in [0.717, 1.165) is 4.47 Å². The maximum Gasteiger partial charge on any atom is 0.415 e. The number of hydrogen-bond donors (Lipinski definition) is 0. The number of ether oxygens (including phenoxy) is 2. The normalized spacial score (nSPS) is 19.6. The van der Waals surface area contributed by atoms with Crippen molar-refractivity contribution in [2.24, 2.45) is 0 Å². The molecule has 0 radical (unpaired) electrons. The molecule has 0 amide bonds. The van der Waals surface area contributed by atoms with Crippen molar-refractivity contribution in [1.29, 1.82) is 0 Å². The molecule has 22 heavy (non-hydrogen) atoms. The predicted octanol–water partition coefficient (Wildman–Crippen LogP) is 3.44. The van der Waals surface area contributed by atoms with Gasteiger partial charge >= 0.3 is 11.8 Å². The Balaban J connectivity index is 1.68. The summed E-state index contributed by atoms with van der Waals surface area (Å²) in [6.45, 7) is 2.50. The lowest BCUT2D eigenvalue weighted by atomic mass is 10.1. The number of nitrogens with zero attached hydrogens (tertiary/aromatic N) is 3. The van der Waals surface area contributed by atoms with Gasteiger partial charge in [0.2, 0.25) is 0 Å². The summed E-state index contributed by atoms with van der Waals surface area (Å²) in [4.78, 5) is 13.9. The van der Waals surface area contributed by atoms with Gasteiger partial charge in [-0.2, -0.15) is 0 Å². The molecule has 1 unspecified atom stereocenters. The molecule has 0 bridgehead atoms. The van der Waals surface area contributed by atoms with Crippen LogP contribution in [0.15, 0.2) is 28.9 Å². The summed E-state index contributed by atoms with van der Waals surface area (Å²) in [6, 6.07) is 5.55. The monoisotopic (exact) mass is 387 g/mol. The van der Waals surface area contributed by atoms with Crippen LogP contribution in [0.4, 0.5) is 5.82 Å². The Morgan fingerprint density at radius 2 is 2.41 bits per heavy atom. The first-order valence-corrected chi connectivity index (χ1v) is 7.52. The zero-order valence-corrected chi connectivity index (χ0v) is 13.8. The Morgan fingerprint density at radius 3 is 3.05 bits per heavy atom. The van der Waals surface area contributed by atoms with E-state index in [9.17, 15) is 10.1 Å². The summed E-state index contributed by atoms with van der Waals surface area (Å²) in [7, 11) is 0. The van der Waals surface area contributed by atoms with E-state index in [0.29, 0.717) is 17.3 Å². The van der Waals surface area contributed by atoms with Crippen molar-refractivity contribution in [1.82, 2.24) is 9.55 Å². The van der Waals surface area contributed by atoms with Crippen LogP contribution in [0.25, 0.3) is 0 Å². The van der Waals surface area contributed by atoms with E-state index < -0.39 is 10.5 Å². The fourth-order valence-corrected chi connectivity index (χ4v) is 2.91. The third-order valence-corrected chi connectivity index (χ3v) is 3.97. The van der Waals surface area contributed by atoms with Crippen LogP contribution in [-0.4, -0.2) is 26.7 Å². The molecule has 2 heterocycles. The fraction of sp³-hybridized carbons (Fsp3) is 0.308. The molecule has 0 N–H and O–H groups in total. The lowest BCUT2D eigenvalue weighted by Gasteiger charge is -2.22. The summed E-state index contributed by atoms with van der Waals surface area (Å²) in [5, 5.41) is 11.2. The van der Waals surface area contributed by atoms with E-state index in [-0.39, 0.29) is 18.4 Å².